The fourth-order valence-electron chi connectivity index (χ4n) is 0.981. The van der Waals surface area contributed by atoms with Gasteiger partial charge in [-0.2, -0.15) is 5.10 Å². The van der Waals surface area contributed by atoms with Crippen LogP contribution >= 0.6 is 0 Å². The number of hydrogen-bond acceptors (Lipinski definition) is 3. The molecule has 1 atom stereocenters. The summed E-state index contributed by atoms with van der Waals surface area (Å²) in [4.78, 5) is 10.2. The second-order valence-corrected chi connectivity index (χ2v) is 2.49. The second kappa shape index (κ2) is 3.36. The van der Waals surface area contributed by atoms with Crippen molar-refractivity contribution >= 4 is 5.97 Å². The third kappa shape index (κ3) is 1.82. The van der Waals surface area contributed by atoms with Crippen LogP contribution in [0.15, 0.2) is 12.3 Å². The van der Waals surface area contributed by atoms with Crippen LogP contribution in [0.25, 0.3) is 0 Å². The highest BCUT2D eigenvalue weighted by Crippen LogP contribution is 2.14. The first kappa shape index (κ1) is 8.73. The molecule has 1 aromatic rings. The number of aryl methyl sites for hydroxylation is 1. The highest BCUT2D eigenvalue weighted by molar-refractivity contribution is 5.67. The summed E-state index contributed by atoms with van der Waals surface area (Å²) in [5.74, 6) is -1.02. The Hall–Kier alpha value is -1.36. The van der Waals surface area contributed by atoms with Gasteiger partial charge in [0.2, 0.25) is 0 Å². The zero-order valence-corrected chi connectivity index (χ0v) is 6.64. The molecule has 0 amide bonds. The number of hydrogen-bond donors (Lipinski definition) is 2. The molecule has 0 aliphatic carbocycles. The van der Waals surface area contributed by atoms with Crippen LogP contribution < -0.4 is 0 Å². The number of carboxylic acids is 1. The van der Waals surface area contributed by atoms with Crippen molar-refractivity contribution in [1.82, 2.24) is 9.78 Å². The standard InChI is InChI=1S/C7H10N2O3/c1-9-5(2-3-8-9)6(10)4-7(11)12/h2-3,6,10H,4H2,1H3,(H,11,12)/t6-/m0/s1. The minimum absolute atomic E-state index is 0.292. The van der Waals surface area contributed by atoms with E-state index in [9.17, 15) is 9.90 Å². The molecule has 0 aliphatic heterocycles. The molecule has 0 saturated heterocycles. The summed E-state index contributed by atoms with van der Waals surface area (Å²) >= 11 is 0. The lowest BCUT2D eigenvalue weighted by Gasteiger charge is -2.07. The summed E-state index contributed by atoms with van der Waals surface area (Å²) in [5.41, 5.74) is 0.511. The van der Waals surface area contributed by atoms with Crippen molar-refractivity contribution < 1.29 is 15.0 Å². The lowest BCUT2D eigenvalue weighted by Crippen LogP contribution is -2.09. The fourth-order valence-corrected chi connectivity index (χ4v) is 0.981. The van der Waals surface area contributed by atoms with Crippen LogP contribution in [0.4, 0.5) is 0 Å². The van der Waals surface area contributed by atoms with Gasteiger partial charge in [-0.3, -0.25) is 9.48 Å². The van der Waals surface area contributed by atoms with E-state index in [4.69, 9.17) is 5.11 Å². The average molecular weight is 170 g/mol. The van der Waals surface area contributed by atoms with E-state index < -0.39 is 12.1 Å². The molecule has 0 fully saturated rings. The molecule has 0 aliphatic rings. The van der Waals surface area contributed by atoms with Gasteiger partial charge in [-0.15, -0.1) is 0 Å². The van der Waals surface area contributed by atoms with E-state index in [1.807, 2.05) is 0 Å². The third-order valence-corrected chi connectivity index (χ3v) is 1.57. The highest BCUT2D eigenvalue weighted by Gasteiger charge is 2.14. The predicted octanol–water partition coefficient (Wildman–Crippen LogP) is -0.0718. The van der Waals surface area contributed by atoms with Crippen molar-refractivity contribution in [3.05, 3.63) is 18.0 Å². The van der Waals surface area contributed by atoms with Gasteiger partial charge in [-0.05, 0) is 6.07 Å². The Kier molecular flexibility index (Phi) is 2.44. The Labute approximate surface area is 69.2 Å². The van der Waals surface area contributed by atoms with Crippen LogP contribution in [-0.4, -0.2) is 26.0 Å². The van der Waals surface area contributed by atoms with Crippen LogP contribution in [0.2, 0.25) is 0 Å². The average Bonchev–Trinajstić information content (AvgIpc) is 2.33. The third-order valence-electron chi connectivity index (χ3n) is 1.57. The van der Waals surface area contributed by atoms with Gasteiger partial charge < -0.3 is 10.2 Å². The molecule has 0 spiro atoms. The molecule has 0 aromatic carbocycles. The fraction of sp³-hybridized carbons (Fsp3) is 0.429. The summed E-state index contributed by atoms with van der Waals surface area (Å²) in [7, 11) is 1.65. The van der Waals surface area contributed by atoms with Crippen LogP contribution in [0, 0.1) is 0 Å². The van der Waals surface area contributed by atoms with Gasteiger partial charge in [0.1, 0.15) is 6.10 Å². The van der Waals surface area contributed by atoms with Crippen molar-refractivity contribution in [3.63, 3.8) is 0 Å². The lowest BCUT2D eigenvalue weighted by molar-refractivity contribution is -0.139. The number of aliphatic hydroxyl groups is 1. The van der Waals surface area contributed by atoms with Gasteiger partial charge in [0.25, 0.3) is 0 Å². The van der Waals surface area contributed by atoms with Crippen molar-refractivity contribution in [2.45, 2.75) is 12.5 Å². The molecule has 1 rings (SSSR count). The van der Waals surface area contributed by atoms with E-state index in [-0.39, 0.29) is 6.42 Å². The molecule has 1 aromatic heterocycles. The molecule has 5 heteroatoms. The summed E-state index contributed by atoms with van der Waals surface area (Å²) in [6, 6.07) is 1.59. The molecule has 1 heterocycles. The molecule has 0 saturated carbocycles. The minimum atomic E-state index is -1.02. The van der Waals surface area contributed by atoms with Crippen LogP contribution in [-0.2, 0) is 11.8 Å². The molecular formula is C7H10N2O3. The zero-order chi connectivity index (χ0) is 9.14. The van der Waals surface area contributed by atoms with Gasteiger partial charge in [-0.25, -0.2) is 0 Å². The van der Waals surface area contributed by atoms with E-state index in [0.717, 1.165) is 0 Å². The number of carbonyl (C=O) groups is 1. The number of aliphatic hydroxyl groups excluding tert-OH is 1. The molecule has 0 radical (unpaired) electrons. The van der Waals surface area contributed by atoms with Crippen LogP contribution in [0.5, 0.6) is 0 Å². The second-order valence-electron chi connectivity index (χ2n) is 2.49. The molecule has 0 unspecified atom stereocenters. The quantitative estimate of drug-likeness (QED) is 0.665. The van der Waals surface area contributed by atoms with E-state index >= 15 is 0 Å². The Morgan fingerprint density at radius 1 is 1.83 bits per heavy atom. The molecule has 2 N–H and O–H groups in total. The van der Waals surface area contributed by atoms with Crippen LogP contribution in [0.1, 0.15) is 18.2 Å². The van der Waals surface area contributed by atoms with E-state index in [1.165, 1.54) is 10.9 Å². The molecule has 12 heavy (non-hydrogen) atoms. The molecular weight excluding hydrogens is 160 g/mol. The molecule has 0 bridgehead atoms. The summed E-state index contributed by atoms with van der Waals surface area (Å²) in [6.45, 7) is 0. The zero-order valence-electron chi connectivity index (χ0n) is 6.64. The smallest absolute Gasteiger partial charge is 0.306 e. The van der Waals surface area contributed by atoms with Crippen molar-refractivity contribution in [1.29, 1.82) is 0 Å². The maximum Gasteiger partial charge on any atom is 0.306 e. The predicted molar refractivity (Wildman–Crippen MR) is 40.4 cm³/mol. The highest BCUT2D eigenvalue weighted by atomic mass is 16.4. The molecule has 5 nitrogen and oxygen atoms in total. The van der Waals surface area contributed by atoms with Crippen molar-refractivity contribution in [2.75, 3.05) is 0 Å². The summed E-state index contributed by atoms with van der Waals surface area (Å²) < 4.78 is 1.45. The van der Waals surface area contributed by atoms with Gasteiger partial charge in [0, 0.05) is 13.2 Å². The Morgan fingerprint density at radius 2 is 2.50 bits per heavy atom. The number of rotatable bonds is 3. The van der Waals surface area contributed by atoms with E-state index in [0.29, 0.717) is 5.69 Å². The largest absolute Gasteiger partial charge is 0.481 e. The number of aliphatic carboxylic acids is 1. The first-order valence-corrected chi connectivity index (χ1v) is 3.49. The van der Waals surface area contributed by atoms with E-state index in [2.05, 4.69) is 5.10 Å². The van der Waals surface area contributed by atoms with Gasteiger partial charge >= 0.3 is 5.97 Å². The monoisotopic (exact) mass is 170 g/mol. The SMILES string of the molecule is Cn1nccc1[C@@H](O)CC(=O)O. The summed E-state index contributed by atoms with van der Waals surface area (Å²) in [6.07, 6.45) is 0.245. The van der Waals surface area contributed by atoms with Crippen molar-refractivity contribution in [2.24, 2.45) is 7.05 Å². The number of carboxylic acid groups (broad SMARTS) is 1. The van der Waals surface area contributed by atoms with Crippen molar-refractivity contribution in [3.8, 4) is 0 Å². The first-order valence-electron chi connectivity index (χ1n) is 3.49. The van der Waals surface area contributed by atoms with Gasteiger partial charge in [0.15, 0.2) is 0 Å². The first-order chi connectivity index (χ1) is 5.61. The Bertz CT molecular complexity index is 282. The molecule has 66 valence electrons. The maximum atomic E-state index is 10.2. The normalized spacial score (nSPS) is 12.8. The van der Waals surface area contributed by atoms with Gasteiger partial charge in [-0.1, -0.05) is 0 Å². The van der Waals surface area contributed by atoms with E-state index in [1.54, 1.807) is 13.1 Å². The topological polar surface area (TPSA) is 75.3 Å². The van der Waals surface area contributed by atoms with Gasteiger partial charge in [0.05, 0.1) is 12.1 Å². The Morgan fingerprint density at radius 3 is 2.92 bits per heavy atom. The number of nitrogens with zero attached hydrogens (tertiary/aromatic N) is 2. The summed E-state index contributed by atoms with van der Waals surface area (Å²) in [5, 5.41) is 21.5. The lowest BCUT2D eigenvalue weighted by atomic mass is 10.2. The maximum absolute atomic E-state index is 10.2. The van der Waals surface area contributed by atoms with Crippen LogP contribution in [0.3, 0.4) is 0 Å². The Balaban J connectivity index is 2.71. The number of aromatic nitrogens is 2. The minimum Gasteiger partial charge on any atom is -0.481 e.